The van der Waals surface area contributed by atoms with Crippen LogP contribution in [0.4, 0.5) is 0 Å². The van der Waals surface area contributed by atoms with Gasteiger partial charge in [-0.1, -0.05) is 76.3 Å². The Morgan fingerprint density at radius 2 is 1.58 bits per heavy atom. The summed E-state index contributed by atoms with van der Waals surface area (Å²) >= 11 is 0. The smallest absolute Gasteiger partial charge is 0.340 e. The summed E-state index contributed by atoms with van der Waals surface area (Å²) in [4.78, 5) is 11.9. The third-order valence-corrected chi connectivity index (χ3v) is 4.91. The van der Waals surface area contributed by atoms with Crippen LogP contribution in [0.3, 0.4) is 0 Å². The van der Waals surface area contributed by atoms with Gasteiger partial charge in [0.2, 0.25) is 0 Å². The standard InChI is InChI=1S/C23H32O3/c1-3-5-7-9-14-19(13-8-6-4-2)26-21-17-16-18-12-10-11-15-20(18)22(21)23(24)25/h10-12,15-17,19H,3-9,13-14H2,1-2H3,(H,24,25). The van der Waals surface area contributed by atoms with Crippen LogP contribution in [0.2, 0.25) is 0 Å². The Bertz CT molecular complexity index is 693. The van der Waals surface area contributed by atoms with Crippen molar-refractivity contribution in [3.8, 4) is 5.75 Å². The molecule has 3 nitrogen and oxygen atoms in total. The lowest BCUT2D eigenvalue weighted by Gasteiger charge is -2.21. The second kappa shape index (κ2) is 10.8. The Kier molecular flexibility index (Phi) is 8.46. The maximum atomic E-state index is 11.9. The molecule has 142 valence electrons. The molecule has 26 heavy (non-hydrogen) atoms. The summed E-state index contributed by atoms with van der Waals surface area (Å²) in [6.07, 6.45) is 10.4. The van der Waals surface area contributed by atoms with Gasteiger partial charge in [0.15, 0.2) is 0 Å². The molecule has 0 spiro atoms. The molecule has 0 saturated heterocycles. The molecule has 0 bridgehead atoms. The molecule has 3 heteroatoms. The maximum Gasteiger partial charge on any atom is 0.340 e. The lowest BCUT2D eigenvalue weighted by Crippen LogP contribution is -2.18. The molecule has 2 aromatic rings. The van der Waals surface area contributed by atoms with Crippen LogP contribution in [0.15, 0.2) is 36.4 Å². The van der Waals surface area contributed by atoms with Gasteiger partial charge < -0.3 is 9.84 Å². The van der Waals surface area contributed by atoms with E-state index < -0.39 is 5.97 Å². The lowest BCUT2D eigenvalue weighted by molar-refractivity contribution is 0.0690. The van der Waals surface area contributed by atoms with Crippen molar-refractivity contribution >= 4 is 16.7 Å². The van der Waals surface area contributed by atoms with E-state index in [0.717, 1.165) is 36.5 Å². The summed E-state index contributed by atoms with van der Waals surface area (Å²) in [5.41, 5.74) is 0.289. The van der Waals surface area contributed by atoms with E-state index >= 15 is 0 Å². The first kappa shape index (κ1) is 20.3. The van der Waals surface area contributed by atoms with Crippen molar-refractivity contribution in [3.63, 3.8) is 0 Å². The predicted octanol–water partition coefficient (Wildman–Crippen LogP) is 6.84. The molecular weight excluding hydrogens is 324 g/mol. The number of rotatable bonds is 12. The Hall–Kier alpha value is -2.03. The third kappa shape index (κ3) is 5.76. The van der Waals surface area contributed by atoms with Crippen molar-refractivity contribution in [3.05, 3.63) is 42.0 Å². The maximum absolute atomic E-state index is 11.9. The van der Waals surface area contributed by atoms with Crippen molar-refractivity contribution in [2.24, 2.45) is 0 Å². The summed E-state index contributed by atoms with van der Waals surface area (Å²) < 4.78 is 6.26. The van der Waals surface area contributed by atoms with Crippen LogP contribution >= 0.6 is 0 Å². The Morgan fingerprint density at radius 1 is 0.923 bits per heavy atom. The third-order valence-electron chi connectivity index (χ3n) is 4.91. The highest BCUT2D eigenvalue weighted by molar-refractivity contribution is 6.06. The Labute approximate surface area is 157 Å². The van der Waals surface area contributed by atoms with Crippen LogP contribution in [0, 0.1) is 0 Å². The van der Waals surface area contributed by atoms with Gasteiger partial charge in [-0.3, -0.25) is 0 Å². The molecule has 0 aliphatic heterocycles. The molecule has 0 aromatic heterocycles. The number of aromatic carboxylic acids is 1. The molecule has 1 N–H and O–H groups in total. The van der Waals surface area contributed by atoms with Gasteiger partial charge in [0.25, 0.3) is 0 Å². The fourth-order valence-corrected chi connectivity index (χ4v) is 3.43. The van der Waals surface area contributed by atoms with Gasteiger partial charge in [0.05, 0.1) is 6.10 Å². The highest BCUT2D eigenvalue weighted by Crippen LogP contribution is 2.30. The van der Waals surface area contributed by atoms with Crippen molar-refractivity contribution in [1.82, 2.24) is 0 Å². The van der Waals surface area contributed by atoms with Crippen molar-refractivity contribution in [1.29, 1.82) is 0 Å². The van der Waals surface area contributed by atoms with Gasteiger partial charge >= 0.3 is 5.97 Å². The molecule has 0 aliphatic rings. The molecule has 2 rings (SSSR count). The van der Waals surface area contributed by atoms with Crippen LogP contribution in [-0.2, 0) is 0 Å². The molecule has 2 aromatic carbocycles. The fourth-order valence-electron chi connectivity index (χ4n) is 3.43. The van der Waals surface area contributed by atoms with Crippen LogP contribution in [0.1, 0.15) is 82.0 Å². The highest BCUT2D eigenvalue weighted by atomic mass is 16.5. The number of carbonyl (C=O) groups is 1. The molecule has 1 unspecified atom stereocenters. The van der Waals surface area contributed by atoms with Gasteiger partial charge in [-0.05, 0) is 42.5 Å². The number of fused-ring (bicyclic) bond motifs is 1. The number of hydrogen-bond donors (Lipinski definition) is 1. The van der Waals surface area contributed by atoms with Gasteiger partial charge in [-0.2, -0.15) is 0 Å². The van der Waals surface area contributed by atoms with E-state index in [1.54, 1.807) is 0 Å². The molecule has 0 aliphatic carbocycles. The number of carboxylic acids is 1. The molecular formula is C23H32O3. The molecule has 0 fully saturated rings. The number of hydrogen-bond acceptors (Lipinski definition) is 2. The first-order valence-electron chi connectivity index (χ1n) is 10.1. The fraction of sp³-hybridized carbons (Fsp3) is 0.522. The minimum Gasteiger partial charge on any atom is -0.490 e. The van der Waals surface area contributed by atoms with E-state index in [4.69, 9.17) is 4.74 Å². The first-order valence-corrected chi connectivity index (χ1v) is 10.1. The largest absolute Gasteiger partial charge is 0.490 e. The molecule has 0 saturated carbocycles. The predicted molar refractivity (Wildman–Crippen MR) is 108 cm³/mol. The summed E-state index contributed by atoms with van der Waals surface area (Å²) in [6.45, 7) is 4.41. The van der Waals surface area contributed by atoms with Crippen LogP contribution < -0.4 is 4.74 Å². The quantitative estimate of drug-likeness (QED) is 0.424. The molecule has 1 atom stereocenters. The highest BCUT2D eigenvalue weighted by Gasteiger charge is 2.19. The normalized spacial score (nSPS) is 12.2. The van der Waals surface area contributed by atoms with E-state index in [1.807, 2.05) is 36.4 Å². The van der Waals surface area contributed by atoms with Crippen LogP contribution in [0.25, 0.3) is 10.8 Å². The minimum atomic E-state index is -0.921. The molecule has 0 radical (unpaired) electrons. The number of benzene rings is 2. The summed E-state index contributed by atoms with van der Waals surface area (Å²) in [7, 11) is 0. The zero-order chi connectivity index (χ0) is 18.8. The van der Waals surface area contributed by atoms with Crippen molar-refractivity contribution in [2.45, 2.75) is 77.7 Å². The zero-order valence-corrected chi connectivity index (χ0v) is 16.2. The van der Waals surface area contributed by atoms with E-state index in [-0.39, 0.29) is 11.7 Å². The van der Waals surface area contributed by atoms with E-state index in [1.165, 1.54) is 32.1 Å². The molecule has 0 heterocycles. The average Bonchev–Trinajstić information content (AvgIpc) is 2.64. The van der Waals surface area contributed by atoms with Crippen molar-refractivity contribution in [2.75, 3.05) is 0 Å². The lowest BCUT2D eigenvalue weighted by atomic mass is 10.0. The summed E-state index contributed by atoms with van der Waals surface area (Å²) in [5, 5.41) is 11.4. The minimum absolute atomic E-state index is 0.0951. The molecule has 0 amide bonds. The average molecular weight is 357 g/mol. The van der Waals surface area contributed by atoms with Crippen molar-refractivity contribution < 1.29 is 14.6 Å². The van der Waals surface area contributed by atoms with E-state index in [9.17, 15) is 9.90 Å². The number of unbranched alkanes of at least 4 members (excludes halogenated alkanes) is 5. The van der Waals surface area contributed by atoms with Gasteiger partial charge in [-0.25, -0.2) is 4.79 Å². The second-order valence-corrected chi connectivity index (χ2v) is 7.05. The van der Waals surface area contributed by atoms with Gasteiger partial charge in [0, 0.05) is 0 Å². The Morgan fingerprint density at radius 3 is 2.27 bits per heavy atom. The van der Waals surface area contributed by atoms with Crippen LogP contribution in [-0.4, -0.2) is 17.2 Å². The van der Waals surface area contributed by atoms with Gasteiger partial charge in [-0.15, -0.1) is 0 Å². The van der Waals surface area contributed by atoms with Gasteiger partial charge in [0.1, 0.15) is 11.3 Å². The van der Waals surface area contributed by atoms with E-state index in [0.29, 0.717) is 5.75 Å². The monoisotopic (exact) mass is 356 g/mol. The SMILES string of the molecule is CCCCCCC(CCCCC)Oc1ccc2ccccc2c1C(=O)O. The topological polar surface area (TPSA) is 46.5 Å². The van der Waals surface area contributed by atoms with Crippen LogP contribution in [0.5, 0.6) is 5.75 Å². The summed E-state index contributed by atoms with van der Waals surface area (Å²) in [5.74, 6) is -0.414. The summed E-state index contributed by atoms with van der Waals surface area (Å²) in [6, 6.07) is 11.4. The number of ether oxygens (including phenoxy) is 1. The number of carboxylic acid groups (broad SMARTS) is 1. The zero-order valence-electron chi connectivity index (χ0n) is 16.2. The van der Waals surface area contributed by atoms with E-state index in [2.05, 4.69) is 13.8 Å². The Balaban J connectivity index is 2.19. The first-order chi connectivity index (χ1) is 12.7. The second-order valence-electron chi connectivity index (χ2n) is 7.05.